The van der Waals surface area contributed by atoms with Crippen molar-refractivity contribution in [1.29, 1.82) is 0 Å². The quantitative estimate of drug-likeness (QED) is 0.437. The smallest absolute Gasteiger partial charge is 0.262 e. The molecule has 0 aliphatic heterocycles. The molecule has 1 heterocycles. The van der Waals surface area contributed by atoms with Crippen LogP contribution < -0.4 is 10.3 Å². The van der Waals surface area contributed by atoms with E-state index < -0.39 is 0 Å². The van der Waals surface area contributed by atoms with Gasteiger partial charge in [-0.3, -0.25) is 9.36 Å². The van der Waals surface area contributed by atoms with Crippen LogP contribution in [-0.4, -0.2) is 16.7 Å². The molecule has 0 spiro atoms. The van der Waals surface area contributed by atoms with Gasteiger partial charge >= 0.3 is 0 Å². The summed E-state index contributed by atoms with van der Waals surface area (Å²) in [6.07, 6.45) is 0.863. The Morgan fingerprint density at radius 3 is 2.77 bits per heavy atom. The van der Waals surface area contributed by atoms with Gasteiger partial charge in [-0.05, 0) is 37.6 Å². The minimum atomic E-state index is -0.0211. The van der Waals surface area contributed by atoms with Crippen molar-refractivity contribution in [2.45, 2.75) is 37.7 Å². The van der Waals surface area contributed by atoms with Gasteiger partial charge in [0.2, 0.25) is 0 Å². The van der Waals surface area contributed by atoms with Crippen molar-refractivity contribution >= 4 is 34.3 Å². The number of thioether (sulfide) groups is 1. The van der Waals surface area contributed by atoms with Gasteiger partial charge in [0.25, 0.3) is 5.56 Å². The minimum Gasteiger partial charge on any atom is -0.496 e. The van der Waals surface area contributed by atoms with Crippen LogP contribution in [0.2, 0.25) is 5.02 Å². The third-order valence-electron chi connectivity index (χ3n) is 4.12. The van der Waals surface area contributed by atoms with Gasteiger partial charge in [0.05, 0.1) is 18.0 Å². The summed E-state index contributed by atoms with van der Waals surface area (Å²) in [5.41, 5.74) is 2.87. The van der Waals surface area contributed by atoms with Gasteiger partial charge in [0.15, 0.2) is 5.16 Å². The van der Waals surface area contributed by atoms with E-state index in [0.29, 0.717) is 33.4 Å². The predicted molar refractivity (Wildman–Crippen MR) is 109 cm³/mol. The summed E-state index contributed by atoms with van der Waals surface area (Å²) in [4.78, 5) is 17.6. The molecule has 136 valence electrons. The molecule has 3 rings (SSSR count). The lowest BCUT2D eigenvalue weighted by atomic mass is 10.1. The normalized spacial score (nSPS) is 11.1. The van der Waals surface area contributed by atoms with Gasteiger partial charge in [-0.25, -0.2) is 4.98 Å². The number of aromatic nitrogens is 2. The monoisotopic (exact) mass is 388 g/mol. The van der Waals surface area contributed by atoms with Gasteiger partial charge in [0, 0.05) is 22.9 Å². The van der Waals surface area contributed by atoms with Crippen LogP contribution in [0.3, 0.4) is 0 Å². The Hall–Kier alpha value is -1.98. The number of nitrogens with zero attached hydrogens (tertiary/aromatic N) is 2. The minimum absolute atomic E-state index is 0.0211. The molecule has 0 saturated carbocycles. The second-order valence-corrected chi connectivity index (χ2v) is 7.50. The van der Waals surface area contributed by atoms with E-state index >= 15 is 0 Å². The van der Waals surface area contributed by atoms with Crippen LogP contribution in [0.4, 0.5) is 0 Å². The molecule has 0 bridgehead atoms. The molecule has 1 aromatic heterocycles. The molecule has 4 nitrogen and oxygen atoms in total. The van der Waals surface area contributed by atoms with E-state index in [9.17, 15) is 4.79 Å². The van der Waals surface area contributed by atoms with Crippen molar-refractivity contribution in [2.75, 3.05) is 7.11 Å². The average molecular weight is 389 g/mol. The Kier molecular flexibility index (Phi) is 5.89. The second-order valence-electron chi connectivity index (χ2n) is 6.12. The molecule has 0 atom stereocenters. The van der Waals surface area contributed by atoms with Crippen molar-refractivity contribution in [3.63, 3.8) is 0 Å². The zero-order valence-corrected chi connectivity index (χ0v) is 16.7. The molecule has 0 fully saturated rings. The van der Waals surface area contributed by atoms with Crippen molar-refractivity contribution in [1.82, 2.24) is 9.55 Å². The number of benzene rings is 2. The summed E-state index contributed by atoms with van der Waals surface area (Å²) in [6, 6.07) is 11.3. The summed E-state index contributed by atoms with van der Waals surface area (Å²) in [6.45, 7) is 4.74. The molecule has 0 radical (unpaired) electrons. The lowest BCUT2D eigenvalue weighted by Gasteiger charge is -2.14. The SMILES string of the molecule is CCCn1c(SCc2cc(C)ccc2OC)nc2cc(Cl)ccc2c1=O. The zero-order valence-electron chi connectivity index (χ0n) is 15.1. The van der Waals surface area contributed by atoms with Crippen LogP contribution in [0.25, 0.3) is 10.9 Å². The number of methoxy groups -OCH3 is 1. The molecular weight excluding hydrogens is 368 g/mol. The van der Waals surface area contributed by atoms with E-state index in [4.69, 9.17) is 21.3 Å². The van der Waals surface area contributed by atoms with Crippen LogP contribution in [0, 0.1) is 6.92 Å². The first-order valence-electron chi connectivity index (χ1n) is 8.50. The third kappa shape index (κ3) is 3.89. The highest BCUT2D eigenvalue weighted by Crippen LogP contribution is 2.28. The van der Waals surface area contributed by atoms with Crippen molar-refractivity contribution < 1.29 is 4.74 Å². The maximum atomic E-state index is 12.9. The number of hydrogen-bond donors (Lipinski definition) is 0. The van der Waals surface area contributed by atoms with Crippen molar-refractivity contribution in [3.8, 4) is 5.75 Å². The summed E-state index contributed by atoms with van der Waals surface area (Å²) >= 11 is 7.62. The fraction of sp³-hybridized carbons (Fsp3) is 0.300. The van der Waals surface area contributed by atoms with E-state index in [1.54, 1.807) is 41.6 Å². The summed E-state index contributed by atoms with van der Waals surface area (Å²) in [5.74, 6) is 1.52. The molecule has 0 amide bonds. The first-order chi connectivity index (χ1) is 12.5. The molecule has 6 heteroatoms. The molecule has 3 aromatic rings. The van der Waals surface area contributed by atoms with Crippen LogP contribution >= 0.6 is 23.4 Å². The van der Waals surface area contributed by atoms with Crippen molar-refractivity contribution in [3.05, 3.63) is 62.9 Å². The highest BCUT2D eigenvalue weighted by molar-refractivity contribution is 7.98. The van der Waals surface area contributed by atoms with Crippen LogP contribution in [-0.2, 0) is 12.3 Å². The molecular formula is C20H21ClN2O2S. The largest absolute Gasteiger partial charge is 0.496 e. The van der Waals surface area contributed by atoms with E-state index in [1.807, 2.05) is 12.1 Å². The molecule has 0 N–H and O–H groups in total. The number of halogens is 1. The Morgan fingerprint density at radius 1 is 1.23 bits per heavy atom. The number of fused-ring (bicyclic) bond motifs is 1. The number of ether oxygens (including phenoxy) is 1. The Bertz CT molecular complexity index is 1000. The van der Waals surface area contributed by atoms with E-state index in [2.05, 4.69) is 19.9 Å². The Balaban J connectivity index is 2.02. The number of hydrogen-bond acceptors (Lipinski definition) is 4. The standard InChI is InChI=1S/C20H21ClN2O2S/c1-4-9-23-19(24)16-7-6-15(21)11-17(16)22-20(23)26-12-14-10-13(2)5-8-18(14)25-3/h5-8,10-11H,4,9,12H2,1-3H3. The number of rotatable bonds is 6. The van der Waals surface area contributed by atoms with E-state index in [1.165, 1.54) is 5.56 Å². The topological polar surface area (TPSA) is 44.1 Å². The van der Waals surface area contributed by atoms with Crippen LogP contribution in [0.15, 0.2) is 46.3 Å². The molecule has 0 unspecified atom stereocenters. The lowest BCUT2D eigenvalue weighted by molar-refractivity contribution is 0.411. The first kappa shape index (κ1) is 18.8. The Labute approximate surface area is 162 Å². The van der Waals surface area contributed by atoms with Crippen LogP contribution in [0.5, 0.6) is 5.75 Å². The lowest BCUT2D eigenvalue weighted by Crippen LogP contribution is -2.23. The molecule has 0 saturated heterocycles. The molecule has 0 aliphatic carbocycles. The Morgan fingerprint density at radius 2 is 2.04 bits per heavy atom. The summed E-state index contributed by atoms with van der Waals surface area (Å²) in [5, 5.41) is 1.88. The van der Waals surface area contributed by atoms with E-state index in [-0.39, 0.29) is 5.56 Å². The molecule has 2 aromatic carbocycles. The van der Waals surface area contributed by atoms with E-state index in [0.717, 1.165) is 17.7 Å². The van der Waals surface area contributed by atoms with Gasteiger partial charge in [0.1, 0.15) is 5.75 Å². The third-order valence-corrected chi connectivity index (χ3v) is 5.38. The summed E-state index contributed by atoms with van der Waals surface area (Å²) < 4.78 is 7.21. The van der Waals surface area contributed by atoms with Gasteiger partial charge < -0.3 is 4.74 Å². The van der Waals surface area contributed by atoms with Crippen LogP contribution in [0.1, 0.15) is 24.5 Å². The maximum absolute atomic E-state index is 12.9. The molecule has 0 aliphatic rings. The highest BCUT2D eigenvalue weighted by Gasteiger charge is 2.13. The zero-order chi connectivity index (χ0) is 18.7. The fourth-order valence-electron chi connectivity index (χ4n) is 2.87. The highest BCUT2D eigenvalue weighted by atomic mass is 35.5. The summed E-state index contributed by atoms with van der Waals surface area (Å²) in [7, 11) is 1.67. The van der Waals surface area contributed by atoms with Gasteiger partial charge in [-0.2, -0.15) is 0 Å². The van der Waals surface area contributed by atoms with Crippen molar-refractivity contribution in [2.24, 2.45) is 0 Å². The van der Waals surface area contributed by atoms with Gasteiger partial charge in [-0.1, -0.05) is 48.0 Å². The fourth-order valence-corrected chi connectivity index (χ4v) is 4.04. The predicted octanol–water partition coefficient (Wildman–Crippen LogP) is 5.07. The average Bonchev–Trinajstić information content (AvgIpc) is 2.62. The second kappa shape index (κ2) is 8.14. The maximum Gasteiger partial charge on any atom is 0.262 e. The van der Waals surface area contributed by atoms with Gasteiger partial charge in [-0.15, -0.1) is 0 Å². The number of aryl methyl sites for hydroxylation is 1. The first-order valence-corrected chi connectivity index (χ1v) is 9.86. The molecule has 26 heavy (non-hydrogen) atoms.